The zero-order valence-corrected chi connectivity index (χ0v) is 22.6. The summed E-state index contributed by atoms with van der Waals surface area (Å²) in [6.07, 6.45) is 9.96. The molecule has 3 N–H and O–H groups in total. The standard InChI is InChI=1S/C30H48O4/c1-18-10-12-25(3)14-15-26(4)20(23(25)19(18)2)8-9-21-27(26,5)16-17-30(34)28(21,6)13-11-22(31)29(30,7)24(32)33/h8,18-19,21-23,31,34H,9-17H2,1-7H3,(H,32,33)/t18-,19+,21+,22?,23+,25-,26-,27-,28-,29?,30?/m1/s1. The van der Waals surface area contributed by atoms with Gasteiger partial charge in [-0.3, -0.25) is 4.79 Å². The van der Waals surface area contributed by atoms with Gasteiger partial charge >= 0.3 is 5.97 Å². The number of hydrogen-bond donors (Lipinski definition) is 3. The van der Waals surface area contributed by atoms with Crippen molar-refractivity contribution in [2.24, 2.45) is 50.7 Å². The van der Waals surface area contributed by atoms with E-state index in [9.17, 15) is 20.1 Å². The highest BCUT2D eigenvalue weighted by molar-refractivity contribution is 5.77. The normalized spacial score (nSPS) is 59.1. The predicted molar refractivity (Wildman–Crippen MR) is 134 cm³/mol. The summed E-state index contributed by atoms with van der Waals surface area (Å²) in [6, 6.07) is 0. The molecule has 4 heteroatoms. The molecule has 0 aromatic rings. The van der Waals surface area contributed by atoms with Crippen LogP contribution in [0.1, 0.15) is 106 Å². The molecule has 5 aliphatic carbocycles. The minimum atomic E-state index is -1.54. The molecule has 0 spiro atoms. The van der Waals surface area contributed by atoms with Crippen LogP contribution in [-0.4, -0.2) is 33.0 Å². The third kappa shape index (κ3) is 2.56. The lowest BCUT2D eigenvalue weighted by atomic mass is 9.32. The number of allylic oxidation sites excluding steroid dienone is 2. The maximum Gasteiger partial charge on any atom is 0.314 e. The first-order chi connectivity index (χ1) is 15.6. The zero-order valence-electron chi connectivity index (χ0n) is 22.6. The van der Waals surface area contributed by atoms with Crippen LogP contribution < -0.4 is 0 Å². The monoisotopic (exact) mass is 472 g/mol. The third-order valence-electron chi connectivity index (χ3n) is 13.7. The van der Waals surface area contributed by atoms with E-state index in [4.69, 9.17) is 0 Å². The van der Waals surface area contributed by atoms with Crippen LogP contribution in [0.15, 0.2) is 11.6 Å². The van der Waals surface area contributed by atoms with Crippen LogP contribution >= 0.6 is 0 Å². The van der Waals surface area contributed by atoms with Crippen molar-refractivity contribution < 1.29 is 20.1 Å². The van der Waals surface area contributed by atoms with Gasteiger partial charge in [-0.2, -0.15) is 0 Å². The Hall–Kier alpha value is -0.870. The Bertz CT molecular complexity index is 927. The van der Waals surface area contributed by atoms with E-state index in [2.05, 4.69) is 47.6 Å². The van der Waals surface area contributed by atoms with Gasteiger partial charge in [0.15, 0.2) is 0 Å². The molecule has 11 atom stereocenters. The summed E-state index contributed by atoms with van der Waals surface area (Å²) < 4.78 is 0. The number of fused-ring (bicyclic) bond motifs is 7. The Balaban J connectivity index is 1.63. The number of carboxylic acids is 1. The molecular weight excluding hydrogens is 424 g/mol. The largest absolute Gasteiger partial charge is 0.481 e. The third-order valence-corrected chi connectivity index (χ3v) is 13.7. The topological polar surface area (TPSA) is 77.8 Å². The highest BCUT2D eigenvalue weighted by Crippen LogP contribution is 2.76. The number of aliphatic carboxylic acids is 1. The quantitative estimate of drug-likeness (QED) is 0.397. The minimum Gasteiger partial charge on any atom is -0.481 e. The summed E-state index contributed by atoms with van der Waals surface area (Å²) in [7, 11) is 0. The van der Waals surface area contributed by atoms with Gasteiger partial charge in [0.1, 0.15) is 5.41 Å². The van der Waals surface area contributed by atoms with Crippen molar-refractivity contribution in [2.45, 2.75) is 118 Å². The van der Waals surface area contributed by atoms with Crippen molar-refractivity contribution in [3.63, 3.8) is 0 Å². The Morgan fingerprint density at radius 1 is 0.912 bits per heavy atom. The molecule has 4 nitrogen and oxygen atoms in total. The van der Waals surface area contributed by atoms with Crippen molar-refractivity contribution in [1.29, 1.82) is 0 Å². The molecule has 5 rings (SSSR count). The SMILES string of the molecule is C[C@H]1[C@H](C)CC[C@]2(C)CC[C@]3(C)C(=CC[C@@H]4[C@@]5(C)CCC(O)C(C)(C(=O)O)C5(O)CC[C@]43C)[C@H]12. The number of hydrogen-bond acceptors (Lipinski definition) is 3. The van der Waals surface area contributed by atoms with Crippen molar-refractivity contribution in [2.75, 3.05) is 0 Å². The van der Waals surface area contributed by atoms with Crippen LogP contribution in [-0.2, 0) is 4.79 Å². The van der Waals surface area contributed by atoms with Crippen LogP contribution in [0.3, 0.4) is 0 Å². The number of aliphatic hydroxyl groups is 2. The van der Waals surface area contributed by atoms with E-state index in [-0.39, 0.29) is 16.7 Å². The summed E-state index contributed by atoms with van der Waals surface area (Å²) >= 11 is 0. The molecule has 0 amide bonds. The van der Waals surface area contributed by atoms with Gasteiger partial charge in [-0.05, 0) is 105 Å². The van der Waals surface area contributed by atoms with Crippen LogP contribution in [0.5, 0.6) is 0 Å². The highest BCUT2D eigenvalue weighted by atomic mass is 16.4. The second-order valence-electron chi connectivity index (χ2n) is 14.5. The lowest BCUT2D eigenvalue weighted by Crippen LogP contribution is -2.75. The van der Waals surface area contributed by atoms with Gasteiger partial charge in [0.2, 0.25) is 0 Å². The van der Waals surface area contributed by atoms with E-state index < -0.39 is 28.5 Å². The fourth-order valence-corrected chi connectivity index (χ4v) is 10.7. The fraction of sp³-hybridized carbons (Fsp3) is 0.900. The van der Waals surface area contributed by atoms with Crippen LogP contribution in [0, 0.1) is 50.7 Å². The van der Waals surface area contributed by atoms with Crippen molar-refractivity contribution in [3.8, 4) is 0 Å². The fourth-order valence-electron chi connectivity index (χ4n) is 10.7. The molecule has 0 saturated heterocycles. The summed E-state index contributed by atoms with van der Waals surface area (Å²) in [6.45, 7) is 16.2. The molecule has 3 unspecified atom stereocenters. The molecule has 0 bridgehead atoms. The molecular formula is C30H48O4. The second kappa shape index (κ2) is 7.12. The first-order valence-electron chi connectivity index (χ1n) is 14.0. The van der Waals surface area contributed by atoms with Crippen molar-refractivity contribution in [3.05, 3.63) is 11.6 Å². The summed E-state index contributed by atoms with van der Waals surface area (Å²) in [4.78, 5) is 12.5. The van der Waals surface area contributed by atoms with E-state index in [0.717, 1.165) is 18.8 Å². The molecule has 0 radical (unpaired) electrons. The summed E-state index contributed by atoms with van der Waals surface area (Å²) in [5, 5.41) is 33.4. The van der Waals surface area contributed by atoms with Crippen LogP contribution in [0.25, 0.3) is 0 Å². The van der Waals surface area contributed by atoms with Crippen molar-refractivity contribution in [1.82, 2.24) is 0 Å². The number of aliphatic hydroxyl groups excluding tert-OH is 1. The first-order valence-corrected chi connectivity index (χ1v) is 14.0. The zero-order chi connectivity index (χ0) is 25.1. The van der Waals surface area contributed by atoms with Gasteiger partial charge in [-0.25, -0.2) is 0 Å². The van der Waals surface area contributed by atoms with E-state index >= 15 is 0 Å². The van der Waals surface area contributed by atoms with Gasteiger partial charge in [-0.1, -0.05) is 53.2 Å². The Kier molecular flexibility index (Phi) is 5.20. The van der Waals surface area contributed by atoms with E-state index in [1.807, 2.05) is 0 Å². The molecule has 0 aliphatic heterocycles. The molecule has 34 heavy (non-hydrogen) atoms. The number of carbonyl (C=O) groups is 1. The van der Waals surface area contributed by atoms with E-state index in [0.29, 0.717) is 36.5 Å². The minimum absolute atomic E-state index is 0.0154. The average molecular weight is 473 g/mol. The molecule has 0 aromatic heterocycles. The molecule has 0 heterocycles. The number of rotatable bonds is 1. The maximum atomic E-state index is 12.5. The molecule has 4 fully saturated rings. The summed E-state index contributed by atoms with van der Waals surface area (Å²) in [5.41, 5.74) is -1.33. The lowest BCUT2D eigenvalue weighted by molar-refractivity contribution is -0.292. The molecule has 4 saturated carbocycles. The summed E-state index contributed by atoms with van der Waals surface area (Å²) in [5.74, 6) is 1.20. The van der Waals surface area contributed by atoms with Gasteiger partial charge in [-0.15, -0.1) is 0 Å². The van der Waals surface area contributed by atoms with Gasteiger partial charge in [0, 0.05) is 5.41 Å². The Morgan fingerprint density at radius 3 is 2.24 bits per heavy atom. The molecule has 192 valence electrons. The van der Waals surface area contributed by atoms with Gasteiger partial charge in [0.05, 0.1) is 11.7 Å². The Morgan fingerprint density at radius 2 is 1.59 bits per heavy atom. The smallest absolute Gasteiger partial charge is 0.314 e. The van der Waals surface area contributed by atoms with Gasteiger partial charge < -0.3 is 15.3 Å². The maximum absolute atomic E-state index is 12.5. The van der Waals surface area contributed by atoms with Gasteiger partial charge in [0.25, 0.3) is 0 Å². The second-order valence-corrected chi connectivity index (χ2v) is 14.5. The number of carboxylic acid groups (broad SMARTS) is 1. The van der Waals surface area contributed by atoms with Crippen molar-refractivity contribution >= 4 is 5.97 Å². The molecule has 5 aliphatic rings. The highest BCUT2D eigenvalue weighted by Gasteiger charge is 2.75. The van der Waals surface area contributed by atoms with E-state index in [1.54, 1.807) is 12.5 Å². The van der Waals surface area contributed by atoms with Crippen LogP contribution in [0.2, 0.25) is 0 Å². The first kappa shape index (κ1) is 24.8. The Labute approximate surface area is 206 Å². The lowest BCUT2D eigenvalue weighted by Gasteiger charge is -2.73. The van der Waals surface area contributed by atoms with Crippen LogP contribution in [0.4, 0.5) is 0 Å². The molecule has 0 aromatic carbocycles. The van der Waals surface area contributed by atoms with E-state index in [1.165, 1.54) is 25.7 Å². The average Bonchev–Trinajstić information content (AvgIpc) is 2.77. The predicted octanol–water partition coefficient (Wildman–Crippen LogP) is 6.20.